The van der Waals surface area contributed by atoms with Crippen LogP contribution < -0.4 is 0 Å². The van der Waals surface area contributed by atoms with E-state index in [2.05, 4.69) is 55.1 Å². The molecule has 0 fully saturated rings. The molecule has 0 aliphatic rings. The first-order valence-electron chi connectivity index (χ1n) is 7.62. The molecule has 116 valence electrons. The molecule has 22 heavy (non-hydrogen) atoms. The fourth-order valence-electron chi connectivity index (χ4n) is 2.56. The maximum Gasteiger partial charge on any atom is 0.212 e. The van der Waals surface area contributed by atoms with Gasteiger partial charge in [-0.2, -0.15) is 5.10 Å². The average Bonchev–Trinajstić information content (AvgIpc) is 3.03. The van der Waals surface area contributed by atoms with E-state index in [4.69, 9.17) is 0 Å². The van der Waals surface area contributed by atoms with Gasteiger partial charge in [0, 0.05) is 6.42 Å². The van der Waals surface area contributed by atoms with E-state index in [0.717, 1.165) is 34.2 Å². The van der Waals surface area contributed by atoms with E-state index < -0.39 is 0 Å². The fourth-order valence-corrected chi connectivity index (χ4v) is 3.48. The summed E-state index contributed by atoms with van der Waals surface area (Å²) in [4.78, 5) is 5.51. The topological polar surface area (TPSA) is 50.4 Å². The Morgan fingerprint density at radius 3 is 2.55 bits per heavy atom. The Hall–Kier alpha value is -1.72. The SMILES string of the molecule is Cc1ccc(CCc2nn3c(CO)c(C(C)C)nc3s2)cc1. The van der Waals surface area contributed by atoms with Crippen LogP contribution in [0.5, 0.6) is 0 Å². The number of imidazole rings is 1. The average molecular weight is 315 g/mol. The normalized spacial score (nSPS) is 11.7. The minimum Gasteiger partial charge on any atom is -0.390 e. The van der Waals surface area contributed by atoms with Crippen molar-refractivity contribution in [1.29, 1.82) is 0 Å². The Bertz CT molecular complexity index is 771. The van der Waals surface area contributed by atoms with Crippen LogP contribution in [-0.4, -0.2) is 19.7 Å². The maximum atomic E-state index is 9.60. The molecule has 0 aliphatic heterocycles. The Kier molecular flexibility index (Phi) is 4.27. The number of hydrogen-bond acceptors (Lipinski definition) is 4. The van der Waals surface area contributed by atoms with Crippen molar-refractivity contribution < 1.29 is 5.11 Å². The number of benzene rings is 1. The van der Waals surface area contributed by atoms with E-state index in [1.807, 2.05) is 4.52 Å². The van der Waals surface area contributed by atoms with Crippen LogP contribution in [0.3, 0.4) is 0 Å². The van der Waals surface area contributed by atoms with E-state index in [9.17, 15) is 5.11 Å². The molecule has 0 saturated carbocycles. The Morgan fingerprint density at radius 2 is 1.91 bits per heavy atom. The summed E-state index contributed by atoms with van der Waals surface area (Å²) in [5, 5.41) is 15.3. The van der Waals surface area contributed by atoms with Crippen LogP contribution in [0.15, 0.2) is 24.3 Å². The number of aliphatic hydroxyl groups is 1. The molecule has 0 bridgehead atoms. The standard InChI is InChI=1S/C17H21N3OS/c1-11(2)16-14(10-21)20-17(18-16)22-15(19-20)9-8-13-6-4-12(3)5-7-13/h4-7,11,21H,8-10H2,1-3H3. The molecule has 0 unspecified atom stereocenters. The molecule has 3 aromatic rings. The number of aromatic nitrogens is 3. The fraction of sp³-hybridized carbons (Fsp3) is 0.412. The van der Waals surface area contributed by atoms with Gasteiger partial charge in [0.15, 0.2) is 0 Å². The summed E-state index contributed by atoms with van der Waals surface area (Å²) in [6, 6.07) is 8.62. The zero-order chi connectivity index (χ0) is 15.7. The molecule has 5 heteroatoms. The molecule has 1 aromatic carbocycles. The number of rotatable bonds is 5. The highest BCUT2D eigenvalue weighted by Gasteiger charge is 2.17. The van der Waals surface area contributed by atoms with Crippen LogP contribution in [0, 0.1) is 6.92 Å². The molecule has 0 atom stereocenters. The third-order valence-corrected chi connectivity index (χ3v) is 4.78. The molecular weight excluding hydrogens is 294 g/mol. The summed E-state index contributed by atoms with van der Waals surface area (Å²) >= 11 is 1.62. The first-order valence-corrected chi connectivity index (χ1v) is 8.43. The number of aliphatic hydroxyl groups excluding tert-OH is 1. The summed E-state index contributed by atoms with van der Waals surface area (Å²) < 4.78 is 1.81. The smallest absolute Gasteiger partial charge is 0.212 e. The molecule has 0 saturated heterocycles. The zero-order valence-corrected chi connectivity index (χ0v) is 14.0. The van der Waals surface area contributed by atoms with Crippen LogP contribution in [0.4, 0.5) is 0 Å². The van der Waals surface area contributed by atoms with Crippen molar-refractivity contribution in [2.75, 3.05) is 0 Å². The summed E-state index contributed by atoms with van der Waals surface area (Å²) in [6.45, 7) is 6.26. The van der Waals surface area contributed by atoms with Crippen LogP contribution >= 0.6 is 11.3 Å². The van der Waals surface area contributed by atoms with Gasteiger partial charge in [0.25, 0.3) is 0 Å². The molecule has 0 radical (unpaired) electrons. The van der Waals surface area contributed by atoms with Gasteiger partial charge in [-0.15, -0.1) is 0 Å². The molecule has 4 nitrogen and oxygen atoms in total. The van der Waals surface area contributed by atoms with E-state index in [1.54, 1.807) is 11.3 Å². The monoisotopic (exact) mass is 315 g/mol. The molecule has 0 amide bonds. The van der Waals surface area contributed by atoms with E-state index >= 15 is 0 Å². The van der Waals surface area contributed by atoms with Crippen LogP contribution in [0.25, 0.3) is 4.96 Å². The van der Waals surface area contributed by atoms with Crippen molar-refractivity contribution in [3.05, 3.63) is 51.8 Å². The van der Waals surface area contributed by atoms with E-state index in [1.165, 1.54) is 11.1 Å². The predicted molar refractivity (Wildman–Crippen MR) is 89.5 cm³/mol. The molecule has 0 aliphatic carbocycles. The van der Waals surface area contributed by atoms with Gasteiger partial charge in [-0.25, -0.2) is 9.50 Å². The number of nitrogens with zero attached hydrogens (tertiary/aromatic N) is 3. The lowest BCUT2D eigenvalue weighted by atomic mass is 10.1. The van der Waals surface area contributed by atoms with Crippen molar-refractivity contribution >= 4 is 16.3 Å². The van der Waals surface area contributed by atoms with Gasteiger partial charge < -0.3 is 5.11 Å². The second-order valence-corrected chi connectivity index (χ2v) is 6.97. The van der Waals surface area contributed by atoms with Gasteiger partial charge in [0.1, 0.15) is 5.01 Å². The van der Waals surface area contributed by atoms with Crippen molar-refractivity contribution in [2.24, 2.45) is 0 Å². The molecule has 1 N–H and O–H groups in total. The van der Waals surface area contributed by atoms with Gasteiger partial charge in [-0.3, -0.25) is 0 Å². The highest BCUT2D eigenvalue weighted by atomic mass is 32.1. The van der Waals surface area contributed by atoms with E-state index in [-0.39, 0.29) is 6.61 Å². The van der Waals surface area contributed by atoms with Gasteiger partial charge in [-0.1, -0.05) is 55.0 Å². The largest absolute Gasteiger partial charge is 0.390 e. The Balaban J connectivity index is 1.80. The van der Waals surface area contributed by atoms with Crippen molar-refractivity contribution in [1.82, 2.24) is 14.6 Å². The van der Waals surface area contributed by atoms with Crippen LogP contribution in [0.1, 0.15) is 47.3 Å². The predicted octanol–water partition coefficient (Wildman–Crippen LogP) is 3.50. The lowest BCUT2D eigenvalue weighted by Crippen LogP contribution is -2.00. The highest BCUT2D eigenvalue weighted by Crippen LogP contribution is 2.24. The third-order valence-electron chi connectivity index (χ3n) is 3.81. The molecule has 3 rings (SSSR count). The van der Waals surface area contributed by atoms with E-state index in [0.29, 0.717) is 5.92 Å². The first-order chi connectivity index (χ1) is 10.6. The minimum atomic E-state index is -0.0180. The summed E-state index contributed by atoms with van der Waals surface area (Å²) in [6.07, 6.45) is 1.88. The first kappa shape index (κ1) is 15.2. The third kappa shape index (κ3) is 2.91. The molecule has 2 heterocycles. The summed E-state index contributed by atoms with van der Waals surface area (Å²) in [5.41, 5.74) is 4.38. The van der Waals surface area contributed by atoms with Crippen molar-refractivity contribution in [3.63, 3.8) is 0 Å². The van der Waals surface area contributed by atoms with Crippen molar-refractivity contribution in [3.8, 4) is 0 Å². The molecular formula is C17H21N3OS. The van der Waals surface area contributed by atoms with Crippen molar-refractivity contribution in [2.45, 2.75) is 46.1 Å². The molecule has 2 aromatic heterocycles. The minimum absolute atomic E-state index is 0.0180. The van der Waals surface area contributed by atoms with Gasteiger partial charge in [0.05, 0.1) is 18.0 Å². The lowest BCUT2D eigenvalue weighted by molar-refractivity contribution is 0.272. The van der Waals surface area contributed by atoms with Gasteiger partial charge >= 0.3 is 0 Å². The van der Waals surface area contributed by atoms with Gasteiger partial charge in [0.2, 0.25) is 4.96 Å². The second-order valence-electron chi connectivity index (χ2n) is 5.93. The Labute approximate surface area is 134 Å². The number of aryl methyl sites for hydroxylation is 3. The number of fused-ring (bicyclic) bond motifs is 1. The highest BCUT2D eigenvalue weighted by molar-refractivity contribution is 7.16. The second kappa shape index (κ2) is 6.18. The quantitative estimate of drug-likeness (QED) is 0.784. The lowest BCUT2D eigenvalue weighted by Gasteiger charge is -2.03. The summed E-state index contributed by atoms with van der Waals surface area (Å²) in [7, 11) is 0. The van der Waals surface area contributed by atoms with Crippen LogP contribution in [0.2, 0.25) is 0 Å². The molecule has 0 spiro atoms. The summed E-state index contributed by atoms with van der Waals surface area (Å²) in [5.74, 6) is 0.298. The Morgan fingerprint density at radius 1 is 1.18 bits per heavy atom. The zero-order valence-electron chi connectivity index (χ0n) is 13.2. The van der Waals surface area contributed by atoms with Crippen LogP contribution in [-0.2, 0) is 19.4 Å². The number of hydrogen-bond donors (Lipinski definition) is 1. The van der Waals surface area contributed by atoms with Gasteiger partial charge in [-0.05, 0) is 24.8 Å². The maximum absolute atomic E-state index is 9.60.